The quantitative estimate of drug-likeness (QED) is 0.729. The predicted octanol–water partition coefficient (Wildman–Crippen LogP) is 5.26. The van der Waals surface area contributed by atoms with Crippen LogP contribution in [-0.4, -0.2) is 39.1 Å². The van der Waals surface area contributed by atoms with E-state index in [9.17, 15) is 0 Å². The molecule has 3 heteroatoms. The molecule has 26 heavy (non-hydrogen) atoms. The highest BCUT2D eigenvalue weighted by molar-refractivity contribution is 6.32. The average Bonchev–Trinajstić information content (AvgIpc) is 2.64. The lowest BCUT2D eigenvalue weighted by molar-refractivity contribution is 0.390. The van der Waals surface area contributed by atoms with Crippen LogP contribution in [0.25, 0.3) is 5.57 Å². The monoisotopic (exact) mass is 364 g/mol. The Morgan fingerprint density at radius 2 is 1.46 bits per heavy atom. The third-order valence-corrected chi connectivity index (χ3v) is 4.98. The second kappa shape index (κ2) is 7.94. The zero-order valence-corrected chi connectivity index (χ0v) is 16.5. The molecule has 1 aliphatic carbocycles. The van der Waals surface area contributed by atoms with Gasteiger partial charge in [0.25, 0.3) is 0 Å². The summed E-state index contributed by atoms with van der Waals surface area (Å²) in [6, 6.07) is 17.0. The van der Waals surface area contributed by atoms with E-state index in [1.54, 1.807) is 0 Å². The van der Waals surface area contributed by atoms with Crippen molar-refractivity contribution < 1.29 is 0 Å². The van der Waals surface area contributed by atoms with Crippen molar-refractivity contribution in [2.24, 2.45) is 0 Å². The van der Waals surface area contributed by atoms with Crippen LogP contribution in [0.2, 0.25) is 5.02 Å². The van der Waals surface area contributed by atoms with Gasteiger partial charge in [0.05, 0.1) is 0 Å². The number of allylic oxidation sites excluding steroid dienone is 3. The van der Waals surface area contributed by atoms with E-state index in [0.29, 0.717) is 6.04 Å². The van der Waals surface area contributed by atoms with Crippen LogP contribution in [0.4, 0.5) is 5.69 Å². The topological polar surface area (TPSA) is 6.48 Å². The van der Waals surface area contributed by atoms with Crippen LogP contribution >= 0.6 is 11.6 Å². The SMILES string of the molecule is CN(C)c1ccc(C(=C2C=CC(N(C)C)C=C2)c2ccccc2Cl)cc1. The summed E-state index contributed by atoms with van der Waals surface area (Å²) in [5, 5.41) is 0.767. The lowest BCUT2D eigenvalue weighted by Gasteiger charge is -2.22. The molecule has 3 rings (SSSR count). The summed E-state index contributed by atoms with van der Waals surface area (Å²) in [6.45, 7) is 0. The standard InChI is InChI=1S/C23H25ClN2/c1-25(2)19-13-9-17(10-14-19)23(21-7-5-6-8-22(21)24)18-11-15-20(16-12-18)26(3)4/h5-16,19H,1-4H3. The number of likely N-dealkylation sites (N-methyl/N-ethyl adjacent to an activating group) is 1. The summed E-state index contributed by atoms with van der Waals surface area (Å²) < 4.78 is 0. The zero-order chi connectivity index (χ0) is 18.7. The molecule has 0 bridgehead atoms. The molecule has 0 spiro atoms. The molecule has 0 radical (unpaired) electrons. The van der Waals surface area contributed by atoms with Crippen molar-refractivity contribution in [1.82, 2.24) is 4.90 Å². The maximum absolute atomic E-state index is 6.55. The average molecular weight is 365 g/mol. The molecular weight excluding hydrogens is 340 g/mol. The number of benzene rings is 2. The fourth-order valence-electron chi connectivity index (χ4n) is 3.10. The Morgan fingerprint density at radius 1 is 0.846 bits per heavy atom. The fourth-order valence-corrected chi connectivity index (χ4v) is 3.33. The fraction of sp³-hybridized carbons (Fsp3) is 0.217. The van der Waals surface area contributed by atoms with Crippen LogP contribution in [0, 0.1) is 0 Å². The van der Waals surface area contributed by atoms with Gasteiger partial charge >= 0.3 is 0 Å². The van der Waals surface area contributed by atoms with Crippen molar-refractivity contribution in [2.75, 3.05) is 33.1 Å². The first-order valence-corrected chi connectivity index (χ1v) is 9.15. The summed E-state index contributed by atoms with van der Waals surface area (Å²) in [5.74, 6) is 0. The Kier molecular flexibility index (Phi) is 5.65. The van der Waals surface area contributed by atoms with Gasteiger partial charge in [-0.2, -0.15) is 0 Å². The number of nitrogens with zero attached hydrogens (tertiary/aromatic N) is 2. The van der Waals surface area contributed by atoms with Crippen molar-refractivity contribution in [1.29, 1.82) is 0 Å². The van der Waals surface area contributed by atoms with Gasteiger partial charge in [-0.05, 0) is 49.0 Å². The highest BCUT2D eigenvalue weighted by Gasteiger charge is 2.15. The minimum atomic E-state index is 0.322. The molecule has 0 unspecified atom stereocenters. The van der Waals surface area contributed by atoms with Crippen molar-refractivity contribution in [3.05, 3.63) is 94.6 Å². The minimum absolute atomic E-state index is 0.322. The van der Waals surface area contributed by atoms with Gasteiger partial charge in [-0.15, -0.1) is 0 Å². The molecule has 0 aromatic heterocycles. The lowest BCUT2D eigenvalue weighted by atomic mass is 9.90. The normalized spacial score (nSPS) is 16.2. The molecule has 2 aromatic rings. The van der Waals surface area contributed by atoms with Gasteiger partial charge < -0.3 is 4.90 Å². The molecule has 0 fully saturated rings. The molecule has 2 nitrogen and oxygen atoms in total. The van der Waals surface area contributed by atoms with E-state index in [2.05, 4.69) is 92.6 Å². The number of hydrogen-bond donors (Lipinski definition) is 0. The van der Waals surface area contributed by atoms with Crippen molar-refractivity contribution >= 4 is 22.9 Å². The largest absolute Gasteiger partial charge is 0.378 e. The van der Waals surface area contributed by atoms with E-state index in [-0.39, 0.29) is 0 Å². The smallest absolute Gasteiger partial charge is 0.0484 e. The van der Waals surface area contributed by atoms with Crippen LogP contribution in [0.5, 0.6) is 0 Å². The molecule has 0 saturated heterocycles. The molecule has 0 heterocycles. The van der Waals surface area contributed by atoms with E-state index in [1.807, 2.05) is 18.2 Å². The van der Waals surface area contributed by atoms with Crippen LogP contribution in [-0.2, 0) is 0 Å². The van der Waals surface area contributed by atoms with E-state index >= 15 is 0 Å². The Bertz CT molecular complexity index is 842. The Labute approximate surface area is 161 Å². The third-order valence-electron chi connectivity index (χ3n) is 4.65. The number of hydrogen-bond acceptors (Lipinski definition) is 2. The Morgan fingerprint density at radius 3 is 2.00 bits per heavy atom. The number of halogens is 1. The van der Waals surface area contributed by atoms with Crippen LogP contribution in [0.3, 0.4) is 0 Å². The molecule has 2 aromatic carbocycles. The molecule has 0 saturated carbocycles. The summed E-state index contributed by atoms with van der Waals surface area (Å²) in [7, 11) is 8.28. The maximum atomic E-state index is 6.55. The highest BCUT2D eigenvalue weighted by Crippen LogP contribution is 2.34. The van der Waals surface area contributed by atoms with Crippen molar-refractivity contribution in [3.8, 4) is 0 Å². The van der Waals surface area contributed by atoms with Gasteiger partial charge in [-0.3, -0.25) is 4.90 Å². The summed E-state index contributed by atoms with van der Waals surface area (Å²) in [5.41, 5.74) is 5.73. The van der Waals surface area contributed by atoms with Gasteiger partial charge in [0.1, 0.15) is 0 Å². The van der Waals surface area contributed by atoms with Crippen LogP contribution in [0.1, 0.15) is 11.1 Å². The van der Waals surface area contributed by atoms with Crippen LogP contribution in [0.15, 0.2) is 78.4 Å². The molecule has 134 valence electrons. The minimum Gasteiger partial charge on any atom is -0.378 e. The molecule has 0 atom stereocenters. The highest BCUT2D eigenvalue weighted by atomic mass is 35.5. The summed E-state index contributed by atoms with van der Waals surface area (Å²) >= 11 is 6.55. The first-order chi connectivity index (χ1) is 12.5. The lowest BCUT2D eigenvalue weighted by Crippen LogP contribution is -2.24. The number of anilines is 1. The first kappa shape index (κ1) is 18.5. The second-order valence-electron chi connectivity index (χ2n) is 6.92. The van der Waals surface area contributed by atoms with E-state index in [1.165, 1.54) is 11.3 Å². The molecule has 0 N–H and O–H groups in total. The Hall–Kier alpha value is -2.29. The van der Waals surface area contributed by atoms with Gasteiger partial charge in [0.2, 0.25) is 0 Å². The van der Waals surface area contributed by atoms with Gasteiger partial charge in [0, 0.05) is 36.4 Å². The maximum Gasteiger partial charge on any atom is 0.0484 e. The van der Waals surface area contributed by atoms with Crippen molar-refractivity contribution in [2.45, 2.75) is 6.04 Å². The van der Waals surface area contributed by atoms with Gasteiger partial charge in [-0.25, -0.2) is 0 Å². The predicted molar refractivity (Wildman–Crippen MR) is 114 cm³/mol. The summed E-state index contributed by atoms with van der Waals surface area (Å²) in [4.78, 5) is 4.29. The second-order valence-corrected chi connectivity index (χ2v) is 7.33. The molecule has 0 aliphatic heterocycles. The van der Waals surface area contributed by atoms with E-state index < -0.39 is 0 Å². The van der Waals surface area contributed by atoms with Crippen LogP contribution < -0.4 is 4.90 Å². The molecular formula is C23H25ClN2. The third kappa shape index (κ3) is 3.92. The first-order valence-electron chi connectivity index (χ1n) is 8.77. The van der Waals surface area contributed by atoms with Gasteiger partial charge in [0.15, 0.2) is 0 Å². The molecule has 0 amide bonds. The summed E-state index contributed by atoms with van der Waals surface area (Å²) in [6.07, 6.45) is 8.84. The Balaban J connectivity index is 2.13. The van der Waals surface area contributed by atoms with Gasteiger partial charge in [-0.1, -0.05) is 66.2 Å². The van der Waals surface area contributed by atoms with E-state index in [0.717, 1.165) is 21.7 Å². The molecule has 1 aliphatic rings. The number of rotatable bonds is 4. The van der Waals surface area contributed by atoms with E-state index in [4.69, 9.17) is 11.6 Å². The van der Waals surface area contributed by atoms with Crippen molar-refractivity contribution in [3.63, 3.8) is 0 Å². The zero-order valence-electron chi connectivity index (χ0n) is 15.8.